The second kappa shape index (κ2) is 5.66. The number of ether oxygens (including phenoxy) is 1. The van der Waals surface area contributed by atoms with Gasteiger partial charge < -0.3 is 9.26 Å². The smallest absolute Gasteiger partial charge is 0.239 e. The van der Waals surface area contributed by atoms with Crippen molar-refractivity contribution in [2.24, 2.45) is 0 Å². The van der Waals surface area contributed by atoms with E-state index in [4.69, 9.17) is 9.26 Å². The van der Waals surface area contributed by atoms with E-state index in [1.54, 1.807) is 30.2 Å². The lowest BCUT2D eigenvalue weighted by Gasteiger charge is -2.16. The van der Waals surface area contributed by atoms with Gasteiger partial charge in [-0.3, -0.25) is 4.57 Å². The summed E-state index contributed by atoms with van der Waals surface area (Å²) < 4.78 is 22.6. The van der Waals surface area contributed by atoms with Gasteiger partial charge >= 0.3 is 0 Å². The van der Waals surface area contributed by atoms with Gasteiger partial charge in [0.2, 0.25) is 7.37 Å². The highest BCUT2D eigenvalue weighted by atomic mass is 31.2. The molecular formula is C11H13O4P. The van der Waals surface area contributed by atoms with Crippen LogP contribution < -0.4 is 10.0 Å². The Morgan fingerprint density at radius 1 is 1.38 bits per heavy atom. The van der Waals surface area contributed by atoms with E-state index in [0.29, 0.717) is 11.1 Å². The van der Waals surface area contributed by atoms with Crippen molar-refractivity contribution in [2.45, 2.75) is 0 Å². The first-order chi connectivity index (χ1) is 7.68. The quantitative estimate of drug-likeness (QED) is 0.579. The van der Waals surface area contributed by atoms with Crippen molar-refractivity contribution in [1.29, 1.82) is 0 Å². The summed E-state index contributed by atoms with van der Waals surface area (Å²) in [5.41, 5.74) is 0. The third-order valence-corrected chi connectivity index (χ3v) is 4.52. The molecule has 16 heavy (non-hydrogen) atoms. The van der Waals surface area contributed by atoms with Gasteiger partial charge in [-0.2, -0.15) is 0 Å². The number of allylic oxidation sites excluding steroid dienone is 1. The third-order valence-electron chi connectivity index (χ3n) is 2.16. The molecule has 0 aliphatic heterocycles. The predicted octanol–water partition coefficient (Wildman–Crippen LogP) is 1.63. The van der Waals surface area contributed by atoms with Crippen LogP contribution in [0.2, 0.25) is 0 Å². The monoisotopic (exact) mass is 240 g/mol. The number of benzene rings is 1. The fourth-order valence-corrected chi connectivity index (χ4v) is 3.01. The van der Waals surface area contributed by atoms with E-state index in [-0.39, 0.29) is 6.16 Å². The molecule has 4 nitrogen and oxygen atoms in total. The summed E-state index contributed by atoms with van der Waals surface area (Å²) in [7, 11) is -0.219. The standard InChI is InChI=1S/C11H13O4P/c1-14-10-6-3-4-7-11(10)16(13,15-2)9-5-8-12/h3-7H,9H2,1-2H3. The normalized spacial score (nSPS) is 13.6. The van der Waals surface area contributed by atoms with Gasteiger partial charge in [-0.25, -0.2) is 4.79 Å². The number of methoxy groups -OCH3 is 1. The molecule has 0 saturated carbocycles. The Morgan fingerprint density at radius 3 is 2.62 bits per heavy atom. The lowest BCUT2D eigenvalue weighted by Crippen LogP contribution is -2.11. The van der Waals surface area contributed by atoms with E-state index in [0.717, 1.165) is 6.08 Å². The first kappa shape index (κ1) is 12.7. The van der Waals surface area contributed by atoms with Gasteiger partial charge in [-0.1, -0.05) is 12.1 Å². The van der Waals surface area contributed by atoms with Crippen LogP contribution in [-0.2, 0) is 13.9 Å². The topological polar surface area (TPSA) is 52.6 Å². The molecule has 1 aromatic rings. The lowest BCUT2D eigenvalue weighted by molar-refractivity contribution is 0.397. The van der Waals surface area contributed by atoms with E-state index in [1.807, 2.05) is 0 Å². The van der Waals surface area contributed by atoms with Crippen LogP contribution in [0, 0.1) is 0 Å². The number of hydrogen-bond acceptors (Lipinski definition) is 4. The van der Waals surface area contributed by atoms with Crippen molar-refractivity contribution in [3.05, 3.63) is 30.3 Å². The summed E-state index contributed by atoms with van der Waals surface area (Å²) in [4.78, 5) is 10.2. The zero-order chi connectivity index (χ0) is 12.0. The van der Waals surface area contributed by atoms with E-state index < -0.39 is 7.37 Å². The molecule has 1 aromatic carbocycles. The fraction of sp³-hybridized carbons (Fsp3) is 0.273. The summed E-state index contributed by atoms with van der Waals surface area (Å²) in [5.74, 6) is 2.09. The summed E-state index contributed by atoms with van der Waals surface area (Å²) >= 11 is 0. The molecule has 0 spiro atoms. The lowest BCUT2D eigenvalue weighted by atomic mass is 10.3. The summed E-state index contributed by atoms with van der Waals surface area (Å²) in [5, 5.41) is 0.478. The second-order valence-electron chi connectivity index (χ2n) is 3.03. The van der Waals surface area contributed by atoms with Crippen molar-refractivity contribution < 1.29 is 18.6 Å². The number of para-hydroxylation sites is 1. The predicted molar refractivity (Wildman–Crippen MR) is 62.4 cm³/mol. The van der Waals surface area contributed by atoms with Gasteiger partial charge in [0, 0.05) is 13.2 Å². The van der Waals surface area contributed by atoms with E-state index in [9.17, 15) is 9.36 Å². The molecular weight excluding hydrogens is 227 g/mol. The first-order valence-electron chi connectivity index (χ1n) is 4.65. The van der Waals surface area contributed by atoms with Crippen LogP contribution in [-0.4, -0.2) is 26.3 Å². The Labute approximate surface area is 94.3 Å². The van der Waals surface area contributed by atoms with Crippen LogP contribution in [0.25, 0.3) is 0 Å². The maximum absolute atomic E-state index is 12.4. The van der Waals surface area contributed by atoms with Gasteiger partial charge in [-0.05, 0) is 12.1 Å². The van der Waals surface area contributed by atoms with Crippen LogP contribution in [0.5, 0.6) is 5.75 Å². The van der Waals surface area contributed by atoms with Crippen molar-refractivity contribution in [1.82, 2.24) is 0 Å². The molecule has 0 N–H and O–H groups in total. The van der Waals surface area contributed by atoms with Crippen LogP contribution in [0.15, 0.2) is 30.3 Å². The van der Waals surface area contributed by atoms with Crippen LogP contribution in [0.1, 0.15) is 0 Å². The van der Waals surface area contributed by atoms with Gasteiger partial charge in [0.25, 0.3) is 0 Å². The minimum atomic E-state index is -3.07. The Bertz CT molecular complexity index is 449. The average Bonchev–Trinajstić information content (AvgIpc) is 2.36. The van der Waals surface area contributed by atoms with E-state index in [2.05, 4.69) is 0 Å². The molecule has 5 heteroatoms. The molecule has 1 atom stereocenters. The Hall–Kier alpha value is -1.34. The van der Waals surface area contributed by atoms with E-state index in [1.165, 1.54) is 14.2 Å². The fourth-order valence-electron chi connectivity index (χ4n) is 1.34. The molecule has 0 radical (unpaired) electrons. The first-order valence-corrected chi connectivity index (χ1v) is 6.46. The molecule has 0 bridgehead atoms. The highest BCUT2D eigenvalue weighted by molar-refractivity contribution is 7.67. The van der Waals surface area contributed by atoms with Crippen LogP contribution >= 0.6 is 7.37 Å². The molecule has 0 aromatic heterocycles. The molecule has 0 fully saturated rings. The van der Waals surface area contributed by atoms with Crippen LogP contribution in [0.4, 0.5) is 0 Å². The maximum Gasteiger partial charge on any atom is 0.239 e. The van der Waals surface area contributed by atoms with Crippen molar-refractivity contribution in [3.8, 4) is 5.75 Å². The highest BCUT2D eigenvalue weighted by Gasteiger charge is 2.26. The van der Waals surface area contributed by atoms with Crippen molar-refractivity contribution in [3.63, 3.8) is 0 Å². The number of carbonyl (C=O) groups excluding carboxylic acids is 1. The summed E-state index contributed by atoms with van der Waals surface area (Å²) in [6, 6.07) is 6.89. The summed E-state index contributed by atoms with van der Waals surface area (Å²) in [6.07, 6.45) is 1.18. The SMILES string of the molecule is COc1ccccc1P(=O)(CC=C=O)OC. The zero-order valence-corrected chi connectivity index (χ0v) is 10.1. The second-order valence-corrected chi connectivity index (χ2v) is 5.59. The Kier molecular flexibility index (Phi) is 4.51. The Morgan fingerprint density at radius 2 is 2.06 bits per heavy atom. The molecule has 0 saturated heterocycles. The minimum Gasteiger partial charge on any atom is -0.496 e. The Balaban J connectivity index is 3.21. The molecule has 0 heterocycles. The average molecular weight is 240 g/mol. The molecule has 0 aliphatic rings. The van der Waals surface area contributed by atoms with Gasteiger partial charge in [0.1, 0.15) is 11.7 Å². The van der Waals surface area contributed by atoms with Gasteiger partial charge in [-0.15, -0.1) is 0 Å². The van der Waals surface area contributed by atoms with E-state index >= 15 is 0 Å². The van der Waals surface area contributed by atoms with Crippen molar-refractivity contribution in [2.75, 3.05) is 20.4 Å². The van der Waals surface area contributed by atoms with Crippen LogP contribution in [0.3, 0.4) is 0 Å². The highest BCUT2D eigenvalue weighted by Crippen LogP contribution is 2.47. The zero-order valence-electron chi connectivity index (χ0n) is 9.17. The molecule has 1 unspecified atom stereocenters. The van der Waals surface area contributed by atoms with Gasteiger partial charge in [0.15, 0.2) is 0 Å². The molecule has 1 rings (SSSR count). The summed E-state index contributed by atoms with van der Waals surface area (Å²) in [6.45, 7) is 0. The minimum absolute atomic E-state index is 0.0212. The third kappa shape index (κ3) is 2.61. The largest absolute Gasteiger partial charge is 0.496 e. The maximum atomic E-state index is 12.4. The number of hydrogen-bond donors (Lipinski definition) is 0. The van der Waals surface area contributed by atoms with Crippen molar-refractivity contribution >= 4 is 18.6 Å². The molecule has 0 amide bonds. The number of rotatable bonds is 5. The molecule has 86 valence electrons. The molecule has 0 aliphatic carbocycles. The van der Waals surface area contributed by atoms with Gasteiger partial charge in [0.05, 0.1) is 18.6 Å².